The van der Waals surface area contributed by atoms with Gasteiger partial charge in [-0.1, -0.05) is 6.92 Å². The SMILES string of the molecule is CCC(C)NC(=O)C1CC1C(=O)N1CCOCC1. The summed E-state index contributed by atoms with van der Waals surface area (Å²) < 4.78 is 5.22. The van der Waals surface area contributed by atoms with Crippen LogP contribution >= 0.6 is 0 Å². The number of amides is 2. The summed E-state index contributed by atoms with van der Waals surface area (Å²) in [5.41, 5.74) is 0. The Hall–Kier alpha value is -1.10. The number of hydrogen-bond donors (Lipinski definition) is 1. The summed E-state index contributed by atoms with van der Waals surface area (Å²) in [7, 11) is 0. The summed E-state index contributed by atoms with van der Waals surface area (Å²) in [6.45, 7) is 6.57. The second-order valence-corrected chi connectivity index (χ2v) is 5.20. The average molecular weight is 254 g/mol. The molecule has 5 nitrogen and oxygen atoms in total. The van der Waals surface area contributed by atoms with Gasteiger partial charge in [0.2, 0.25) is 11.8 Å². The topological polar surface area (TPSA) is 58.6 Å². The number of morpholine rings is 1. The Labute approximate surface area is 108 Å². The highest BCUT2D eigenvalue weighted by Gasteiger charge is 2.49. The molecule has 1 N–H and O–H groups in total. The van der Waals surface area contributed by atoms with Gasteiger partial charge < -0.3 is 15.0 Å². The maximum atomic E-state index is 12.1. The fourth-order valence-corrected chi connectivity index (χ4v) is 2.23. The van der Waals surface area contributed by atoms with Crippen LogP contribution in [0.5, 0.6) is 0 Å². The van der Waals surface area contributed by atoms with E-state index in [9.17, 15) is 9.59 Å². The predicted octanol–water partition coefficient (Wildman–Crippen LogP) is 0.396. The van der Waals surface area contributed by atoms with Crippen molar-refractivity contribution in [1.29, 1.82) is 0 Å². The van der Waals surface area contributed by atoms with Crippen LogP contribution in [0.1, 0.15) is 26.7 Å². The van der Waals surface area contributed by atoms with Crippen LogP contribution in [0.25, 0.3) is 0 Å². The Kier molecular flexibility index (Phi) is 4.22. The van der Waals surface area contributed by atoms with Gasteiger partial charge in [-0.3, -0.25) is 9.59 Å². The van der Waals surface area contributed by atoms with E-state index in [1.807, 2.05) is 18.7 Å². The fraction of sp³-hybridized carbons (Fsp3) is 0.846. The summed E-state index contributed by atoms with van der Waals surface area (Å²) in [6.07, 6.45) is 1.62. The van der Waals surface area contributed by atoms with Crippen molar-refractivity contribution >= 4 is 11.8 Å². The third-order valence-corrected chi connectivity index (χ3v) is 3.77. The number of hydrogen-bond acceptors (Lipinski definition) is 3. The molecule has 0 spiro atoms. The summed E-state index contributed by atoms with van der Waals surface area (Å²) in [6, 6.07) is 0.192. The molecule has 18 heavy (non-hydrogen) atoms. The zero-order chi connectivity index (χ0) is 13.1. The maximum absolute atomic E-state index is 12.1. The van der Waals surface area contributed by atoms with Crippen LogP contribution < -0.4 is 5.32 Å². The summed E-state index contributed by atoms with van der Waals surface area (Å²) in [4.78, 5) is 25.8. The molecule has 5 heteroatoms. The smallest absolute Gasteiger partial charge is 0.226 e. The van der Waals surface area contributed by atoms with E-state index >= 15 is 0 Å². The number of ether oxygens (including phenoxy) is 1. The number of nitrogens with one attached hydrogen (secondary N) is 1. The first-order valence-corrected chi connectivity index (χ1v) is 6.80. The second-order valence-electron chi connectivity index (χ2n) is 5.20. The van der Waals surface area contributed by atoms with E-state index in [1.54, 1.807) is 0 Å². The first-order chi connectivity index (χ1) is 8.63. The van der Waals surface area contributed by atoms with Gasteiger partial charge in [-0.15, -0.1) is 0 Å². The number of nitrogens with zero attached hydrogens (tertiary/aromatic N) is 1. The molecule has 1 saturated carbocycles. The molecule has 0 aromatic heterocycles. The highest BCUT2D eigenvalue weighted by molar-refractivity contribution is 5.92. The lowest BCUT2D eigenvalue weighted by Crippen LogP contribution is -2.42. The molecule has 102 valence electrons. The van der Waals surface area contributed by atoms with E-state index in [0.29, 0.717) is 32.7 Å². The molecule has 2 amide bonds. The van der Waals surface area contributed by atoms with Crippen LogP contribution in [0.2, 0.25) is 0 Å². The van der Waals surface area contributed by atoms with Crippen LogP contribution in [-0.4, -0.2) is 49.1 Å². The minimum atomic E-state index is -0.102. The highest BCUT2D eigenvalue weighted by atomic mass is 16.5. The molecule has 1 aliphatic heterocycles. The van der Waals surface area contributed by atoms with Gasteiger partial charge >= 0.3 is 0 Å². The lowest BCUT2D eigenvalue weighted by Gasteiger charge is -2.27. The Bertz CT molecular complexity index is 326. The number of rotatable bonds is 4. The zero-order valence-corrected chi connectivity index (χ0v) is 11.1. The van der Waals surface area contributed by atoms with Gasteiger partial charge in [0, 0.05) is 19.1 Å². The highest BCUT2D eigenvalue weighted by Crippen LogP contribution is 2.40. The Morgan fingerprint density at radius 1 is 1.33 bits per heavy atom. The van der Waals surface area contributed by atoms with Gasteiger partial charge in [0.05, 0.1) is 25.0 Å². The lowest BCUT2D eigenvalue weighted by molar-refractivity contribution is -0.138. The molecule has 3 atom stereocenters. The fourth-order valence-electron chi connectivity index (χ4n) is 2.23. The van der Waals surface area contributed by atoms with Crippen LogP contribution in [0.3, 0.4) is 0 Å². The molecule has 3 unspecified atom stereocenters. The molecule has 0 aromatic rings. The van der Waals surface area contributed by atoms with E-state index in [2.05, 4.69) is 5.32 Å². The molecule has 1 heterocycles. The minimum Gasteiger partial charge on any atom is -0.378 e. The lowest BCUT2D eigenvalue weighted by atomic mass is 10.2. The predicted molar refractivity (Wildman–Crippen MR) is 66.9 cm³/mol. The van der Waals surface area contributed by atoms with Crippen molar-refractivity contribution in [2.24, 2.45) is 11.8 Å². The molecule has 1 aliphatic carbocycles. The van der Waals surface area contributed by atoms with Gasteiger partial charge in [-0.05, 0) is 19.8 Å². The maximum Gasteiger partial charge on any atom is 0.226 e. The van der Waals surface area contributed by atoms with Gasteiger partial charge in [0.1, 0.15) is 0 Å². The third-order valence-electron chi connectivity index (χ3n) is 3.77. The summed E-state index contributed by atoms with van der Waals surface area (Å²) in [5.74, 6) is -0.0277. The van der Waals surface area contributed by atoms with Crippen molar-refractivity contribution in [3.05, 3.63) is 0 Å². The molecule has 0 bridgehead atoms. The van der Waals surface area contributed by atoms with Gasteiger partial charge in [0.25, 0.3) is 0 Å². The number of carbonyl (C=O) groups is 2. The summed E-state index contributed by atoms with van der Waals surface area (Å²) >= 11 is 0. The summed E-state index contributed by atoms with van der Waals surface area (Å²) in [5, 5.41) is 2.94. The standard InChI is InChI=1S/C13H22N2O3/c1-3-9(2)14-12(16)10-8-11(10)13(17)15-4-6-18-7-5-15/h9-11H,3-8H2,1-2H3,(H,14,16). The molecule has 0 radical (unpaired) electrons. The van der Waals surface area contributed by atoms with Crippen LogP contribution in [-0.2, 0) is 14.3 Å². The Morgan fingerprint density at radius 2 is 2.00 bits per heavy atom. The van der Waals surface area contributed by atoms with E-state index in [1.165, 1.54) is 0 Å². The largest absolute Gasteiger partial charge is 0.378 e. The zero-order valence-electron chi connectivity index (χ0n) is 11.1. The van der Waals surface area contributed by atoms with Crippen LogP contribution in [0.4, 0.5) is 0 Å². The minimum absolute atomic E-state index is 0.0379. The van der Waals surface area contributed by atoms with Gasteiger partial charge in [0.15, 0.2) is 0 Å². The molecule has 2 fully saturated rings. The van der Waals surface area contributed by atoms with Crippen molar-refractivity contribution in [3.63, 3.8) is 0 Å². The van der Waals surface area contributed by atoms with Gasteiger partial charge in [-0.25, -0.2) is 0 Å². The molecule has 2 rings (SSSR count). The van der Waals surface area contributed by atoms with Crippen LogP contribution in [0, 0.1) is 11.8 Å². The molecule has 0 aromatic carbocycles. The van der Waals surface area contributed by atoms with Crippen molar-refractivity contribution in [1.82, 2.24) is 10.2 Å². The third kappa shape index (κ3) is 3.02. The molecule has 2 aliphatic rings. The van der Waals surface area contributed by atoms with Crippen molar-refractivity contribution in [3.8, 4) is 0 Å². The van der Waals surface area contributed by atoms with Crippen molar-refractivity contribution < 1.29 is 14.3 Å². The Morgan fingerprint density at radius 3 is 2.61 bits per heavy atom. The number of carbonyl (C=O) groups excluding carboxylic acids is 2. The monoisotopic (exact) mass is 254 g/mol. The van der Waals surface area contributed by atoms with Crippen LogP contribution in [0.15, 0.2) is 0 Å². The van der Waals surface area contributed by atoms with E-state index < -0.39 is 0 Å². The van der Waals surface area contributed by atoms with E-state index in [-0.39, 0.29) is 29.7 Å². The quantitative estimate of drug-likeness (QED) is 0.790. The first kappa shape index (κ1) is 13.3. The molecular weight excluding hydrogens is 232 g/mol. The average Bonchev–Trinajstić information content (AvgIpc) is 3.19. The van der Waals surface area contributed by atoms with Gasteiger partial charge in [-0.2, -0.15) is 0 Å². The molecular formula is C13H22N2O3. The normalized spacial score (nSPS) is 28.7. The van der Waals surface area contributed by atoms with Crippen molar-refractivity contribution in [2.75, 3.05) is 26.3 Å². The Balaban J connectivity index is 1.79. The van der Waals surface area contributed by atoms with E-state index in [4.69, 9.17) is 4.74 Å². The second kappa shape index (κ2) is 5.69. The van der Waals surface area contributed by atoms with Crippen molar-refractivity contribution in [2.45, 2.75) is 32.7 Å². The first-order valence-electron chi connectivity index (χ1n) is 6.80. The van der Waals surface area contributed by atoms with E-state index in [0.717, 1.165) is 6.42 Å². The molecule has 1 saturated heterocycles.